The molecule has 0 amide bonds. The Hall–Kier alpha value is -1.14. The first-order valence-corrected chi connectivity index (χ1v) is 22.2. The van der Waals surface area contributed by atoms with Crippen LogP contribution in [0.3, 0.4) is 0 Å². The molecule has 1 saturated heterocycles. The predicted octanol–water partition coefficient (Wildman–Crippen LogP) is 12.4. The minimum Gasteiger partial charge on any atom is -0.466 e. The van der Waals surface area contributed by atoms with E-state index in [1.807, 2.05) is 0 Å². The lowest BCUT2D eigenvalue weighted by Gasteiger charge is -2.29. The van der Waals surface area contributed by atoms with Gasteiger partial charge in [0.05, 0.1) is 13.2 Å². The van der Waals surface area contributed by atoms with Crippen LogP contribution < -0.4 is 5.32 Å². The molecular formula is C44H85NO5. The molecule has 0 unspecified atom stereocenters. The zero-order valence-corrected chi connectivity index (χ0v) is 33.9. The third kappa shape index (κ3) is 28.4. The van der Waals surface area contributed by atoms with E-state index in [1.54, 1.807) is 0 Å². The maximum atomic E-state index is 12.5. The fraction of sp³-hybridized carbons (Fsp3) is 0.955. The highest BCUT2D eigenvalue weighted by Gasteiger charge is 2.18. The molecule has 0 aromatic heterocycles. The molecule has 1 heterocycles. The van der Waals surface area contributed by atoms with Crippen molar-refractivity contribution in [2.75, 3.05) is 26.4 Å². The Kier molecular flexibility index (Phi) is 32.7. The first-order chi connectivity index (χ1) is 24.5. The molecule has 1 aliphatic heterocycles. The van der Waals surface area contributed by atoms with Gasteiger partial charge in [-0.25, -0.2) is 0 Å². The van der Waals surface area contributed by atoms with Gasteiger partial charge in [-0.15, -0.1) is 0 Å². The predicted molar refractivity (Wildman–Crippen MR) is 212 cm³/mol. The summed E-state index contributed by atoms with van der Waals surface area (Å²) < 4.78 is 16.9. The molecule has 50 heavy (non-hydrogen) atoms. The highest BCUT2D eigenvalue weighted by molar-refractivity contribution is 5.69. The van der Waals surface area contributed by atoms with E-state index in [-0.39, 0.29) is 11.9 Å². The van der Waals surface area contributed by atoms with Crippen molar-refractivity contribution in [1.29, 1.82) is 0 Å². The Morgan fingerprint density at radius 3 is 1.28 bits per heavy atom. The summed E-state index contributed by atoms with van der Waals surface area (Å²) in [7, 11) is 0. The van der Waals surface area contributed by atoms with E-state index in [2.05, 4.69) is 33.0 Å². The van der Waals surface area contributed by atoms with Crippen molar-refractivity contribution >= 4 is 11.9 Å². The Labute approximate surface area is 311 Å². The van der Waals surface area contributed by atoms with Crippen molar-refractivity contribution in [3.8, 4) is 0 Å². The molecule has 1 fully saturated rings. The summed E-state index contributed by atoms with van der Waals surface area (Å²) >= 11 is 0. The Balaban J connectivity index is 2.29. The third-order valence-corrected chi connectivity index (χ3v) is 11.0. The summed E-state index contributed by atoms with van der Waals surface area (Å²) in [5, 5.41) is 3.94. The SMILES string of the molecule is CCCCCC(CCCCC)CCOC(=O)CCCCCC(CCCCCC(=O)OCCC(CCCCC)CCCCC)NC1CCOCC1. The molecule has 0 aromatic carbocycles. The maximum absolute atomic E-state index is 12.5. The van der Waals surface area contributed by atoms with E-state index >= 15 is 0 Å². The molecule has 6 nitrogen and oxygen atoms in total. The monoisotopic (exact) mass is 708 g/mol. The van der Waals surface area contributed by atoms with Crippen LogP contribution in [0.4, 0.5) is 0 Å². The first kappa shape index (κ1) is 46.9. The van der Waals surface area contributed by atoms with Crippen LogP contribution in [0, 0.1) is 11.8 Å². The second kappa shape index (κ2) is 34.9. The first-order valence-electron chi connectivity index (χ1n) is 22.2. The van der Waals surface area contributed by atoms with Gasteiger partial charge < -0.3 is 19.5 Å². The molecule has 6 heteroatoms. The minimum absolute atomic E-state index is 0.0139. The van der Waals surface area contributed by atoms with Crippen LogP contribution in [0.15, 0.2) is 0 Å². The lowest BCUT2D eigenvalue weighted by atomic mass is 9.92. The molecule has 296 valence electrons. The molecule has 0 spiro atoms. The molecule has 0 bridgehead atoms. The van der Waals surface area contributed by atoms with Crippen molar-refractivity contribution < 1.29 is 23.8 Å². The van der Waals surface area contributed by atoms with Crippen LogP contribution in [-0.4, -0.2) is 50.4 Å². The van der Waals surface area contributed by atoms with Gasteiger partial charge in [-0.2, -0.15) is 0 Å². The number of hydrogen-bond acceptors (Lipinski definition) is 6. The van der Waals surface area contributed by atoms with Crippen molar-refractivity contribution in [3.05, 3.63) is 0 Å². The number of ether oxygens (including phenoxy) is 3. The average molecular weight is 708 g/mol. The van der Waals surface area contributed by atoms with Crippen LogP contribution in [0.5, 0.6) is 0 Å². The number of carbonyl (C=O) groups is 2. The van der Waals surface area contributed by atoms with Gasteiger partial charge in [-0.1, -0.05) is 156 Å². The number of nitrogens with one attached hydrogen (secondary N) is 1. The zero-order chi connectivity index (χ0) is 36.3. The molecule has 0 saturated carbocycles. The second-order valence-corrected chi connectivity index (χ2v) is 15.7. The highest BCUT2D eigenvalue weighted by Crippen LogP contribution is 2.23. The van der Waals surface area contributed by atoms with E-state index in [1.165, 1.54) is 103 Å². The van der Waals surface area contributed by atoms with Gasteiger partial charge in [0.1, 0.15) is 0 Å². The maximum Gasteiger partial charge on any atom is 0.305 e. The smallest absolute Gasteiger partial charge is 0.305 e. The standard InChI is InChI=1S/C44H85NO5/c1-5-9-15-23-39(24-16-10-6-2)31-37-49-43(46)29-21-13-19-27-41(45-42-33-35-48-36-34-42)28-20-14-22-30-44(47)50-38-32-40(25-17-11-7-3)26-18-12-8-4/h39-42,45H,5-38H2,1-4H3. The summed E-state index contributed by atoms with van der Waals surface area (Å²) in [6, 6.07) is 1.03. The lowest BCUT2D eigenvalue weighted by molar-refractivity contribution is -0.145. The van der Waals surface area contributed by atoms with Gasteiger partial charge in [0.2, 0.25) is 0 Å². The number of esters is 2. The van der Waals surface area contributed by atoms with Crippen LogP contribution >= 0.6 is 0 Å². The van der Waals surface area contributed by atoms with Crippen LogP contribution in [0.2, 0.25) is 0 Å². The summed E-state index contributed by atoms with van der Waals surface area (Å²) in [6.07, 6.45) is 34.5. The topological polar surface area (TPSA) is 73.9 Å². The van der Waals surface area contributed by atoms with Gasteiger partial charge in [0.15, 0.2) is 0 Å². The molecule has 0 aromatic rings. The number of unbranched alkanes of at least 4 members (excludes halogenated alkanes) is 12. The van der Waals surface area contributed by atoms with E-state index in [9.17, 15) is 9.59 Å². The Bertz CT molecular complexity index is 683. The zero-order valence-electron chi connectivity index (χ0n) is 33.9. The summed E-state index contributed by atoms with van der Waals surface area (Å²) in [5.74, 6) is 1.38. The molecule has 1 aliphatic rings. The van der Waals surface area contributed by atoms with E-state index < -0.39 is 0 Å². The molecule has 1 rings (SSSR count). The van der Waals surface area contributed by atoms with Crippen LogP contribution in [-0.2, 0) is 23.8 Å². The molecule has 0 radical (unpaired) electrons. The summed E-state index contributed by atoms with van der Waals surface area (Å²) in [6.45, 7) is 11.9. The Morgan fingerprint density at radius 2 is 0.900 bits per heavy atom. The summed E-state index contributed by atoms with van der Waals surface area (Å²) in [4.78, 5) is 24.9. The molecular weight excluding hydrogens is 622 g/mol. The van der Waals surface area contributed by atoms with E-state index in [0.29, 0.717) is 50.0 Å². The van der Waals surface area contributed by atoms with Gasteiger partial charge in [-0.05, 0) is 63.2 Å². The van der Waals surface area contributed by atoms with Crippen LogP contribution in [0.25, 0.3) is 0 Å². The lowest BCUT2D eigenvalue weighted by Crippen LogP contribution is -2.41. The highest BCUT2D eigenvalue weighted by atomic mass is 16.5. The van der Waals surface area contributed by atoms with Gasteiger partial charge in [0, 0.05) is 38.1 Å². The molecule has 0 aliphatic carbocycles. The molecule has 1 N–H and O–H groups in total. The fourth-order valence-corrected chi connectivity index (χ4v) is 7.60. The second-order valence-electron chi connectivity index (χ2n) is 15.7. The fourth-order valence-electron chi connectivity index (χ4n) is 7.60. The van der Waals surface area contributed by atoms with Crippen molar-refractivity contribution in [2.45, 2.75) is 232 Å². The minimum atomic E-state index is -0.0139. The normalized spacial score (nSPS) is 13.9. The third-order valence-electron chi connectivity index (χ3n) is 11.0. The average Bonchev–Trinajstić information content (AvgIpc) is 3.11. The number of carbonyl (C=O) groups excluding carboxylic acids is 2. The van der Waals surface area contributed by atoms with E-state index in [4.69, 9.17) is 14.2 Å². The van der Waals surface area contributed by atoms with Gasteiger partial charge >= 0.3 is 11.9 Å². The largest absolute Gasteiger partial charge is 0.466 e. The van der Waals surface area contributed by atoms with Crippen LogP contribution in [0.1, 0.15) is 220 Å². The van der Waals surface area contributed by atoms with Crippen molar-refractivity contribution in [1.82, 2.24) is 5.32 Å². The van der Waals surface area contributed by atoms with Gasteiger partial charge in [0.25, 0.3) is 0 Å². The summed E-state index contributed by atoms with van der Waals surface area (Å²) in [5.41, 5.74) is 0. The Morgan fingerprint density at radius 1 is 0.520 bits per heavy atom. The quantitative estimate of drug-likeness (QED) is 0.0516. The van der Waals surface area contributed by atoms with Crippen molar-refractivity contribution in [3.63, 3.8) is 0 Å². The van der Waals surface area contributed by atoms with E-state index in [0.717, 1.165) is 90.3 Å². The van der Waals surface area contributed by atoms with Crippen molar-refractivity contribution in [2.24, 2.45) is 11.8 Å². The molecule has 0 atom stereocenters. The van der Waals surface area contributed by atoms with Gasteiger partial charge in [-0.3, -0.25) is 9.59 Å². The number of hydrogen-bond donors (Lipinski definition) is 1. The number of rotatable bonds is 36.